The number of ether oxygens (including phenoxy) is 7. The van der Waals surface area contributed by atoms with Crippen molar-refractivity contribution in [2.45, 2.75) is 116 Å². The highest BCUT2D eigenvalue weighted by Gasteiger charge is 2.81. The first-order valence-electron chi connectivity index (χ1n) is 19.2. The van der Waals surface area contributed by atoms with E-state index in [2.05, 4.69) is 0 Å². The molecule has 4 aliphatic rings. The first kappa shape index (κ1) is 42.3. The molecule has 1 unspecified atom stereocenters. The lowest BCUT2D eigenvalue weighted by atomic mass is 9.49. The Morgan fingerprint density at radius 1 is 0.793 bits per heavy atom. The van der Waals surface area contributed by atoms with Crippen LogP contribution in [0.4, 0.5) is 0 Å². The zero-order valence-electron chi connectivity index (χ0n) is 33.8. The summed E-state index contributed by atoms with van der Waals surface area (Å²) in [6.07, 6.45) is -5.41. The molecule has 10 atom stereocenters. The van der Waals surface area contributed by atoms with E-state index in [-0.39, 0.29) is 30.6 Å². The maximum Gasteiger partial charge on any atom is 0.338 e. The van der Waals surface area contributed by atoms with Gasteiger partial charge in [-0.3, -0.25) is 19.2 Å². The predicted molar refractivity (Wildman–Crippen MR) is 204 cm³/mol. The van der Waals surface area contributed by atoms with Gasteiger partial charge in [0, 0.05) is 46.6 Å². The fraction of sp³-hybridized carbons (Fsp3) is 0.500. The Labute approximate surface area is 336 Å². The molecule has 14 heteroatoms. The van der Waals surface area contributed by atoms with E-state index in [4.69, 9.17) is 33.2 Å². The number of aliphatic hydroxyl groups is 1. The van der Waals surface area contributed by atoms with Crippen molar-refractivity contribution in [3.63, 3.8) is 0 Å². The molecule has 0 aromatic heterocycles. The van der Waals surface area contributed by atoms with Crippen LogP contribution in [0.1, 0.15) is 84.2 Å². The fourth-order valence-electron chi connectivity index (χ4n) is 9.99. The first-order valence-corrected chi connectivity index (χ1v) is 19.2. The van der Waals surface area contributed by atoms with Crippen molar-refractivity contribution in [2.24, 2.45) is 16.7 Å². The number of rotatable bonds is 10. The van der Waals surface area contributed by atoms with Gasteiger partial charge in [-0.05, 0) is 55.7 Å². The maximum atomic E-state index is 14.3. The van der Waals surface area contributed by atoms with Gasteiger partial charge in [0.25, 0.3) is 0 Å². The van der Waals surface area contributed by atoms with Crippen LogP contribution < -0.4 is 0 Å². The second-order valence-electron chi connectivity index (χ2n) is 16.3. The molecule has 0 spiro atoms. The number of fused-ring (bicyclic) bond motifs is 4. The lowest BCUT2D eigenvalue weighted by molar-refractivity contribution is -0.352. The van der Waals surface area contributed by atoms with Crippen LogP contribution in [0.5, 0.6) is 0 Å². The molecule has 2 saturated carbocycles. The average molecular weight is 803 g/mol. The van der Waals surface area contributed by atoms with E-state index in [0.717, 1.165) is 12.5 Å². The Kier molecular flexibility index (Phi) is 11.5. The van der Waals surface area contributed by atoms with Crippen LogP contribution in [0.3, 0.4) is 0 Å². The molecule has 58 heavy (non-hydrogen) atoms. The molecular formula is C44H50O14. The van der Waals surface area contributed by atoms with E-state index < -0.39 is 100 Å². The largest absolute Gasteiger partial charge is 0.462 e. The molecule has 310 valence electrons. The fourth-order valence-corrected chi connectivity index (χ4v) is 9.99. The van der Waals surface area contributed by atoms with Crippen LogP contribution in [-0.2, 0) is 57.1 Å². The molecule has 0 bridgehead atoms. The summed E-state index contributed by atoms with van der Waals surface area (Å²) >= 11 is 0. The van der Waals surface area contributed by atoms with Crippen LogP contribution >= 0.6 is 0 Å². The number of carbonyl (C=O) groups is 6. The quantitative estimate of drug-likeness (QED) is 0.149. The normalized spacial score (nSPS) is 32.6. The summed E-state index contributed by atoms with van der Waals surface area (Å²) in [4.78, 5) is 80.9. The van der Waals surface area contributed by atoms with Crippen LogP contribution in [0.2, 0.25) is 0 Å². The molecule has 2 aromatic carbocycles. The molecule has 0 radical (unpaired) electrons. The Morgan fingerprint density at radius 3 is 1.91 bits per heavy atom. The van der Waals surface area contributed by atoms with E-state index in [1.54, 1.807) is 50.3 Å². The van der Waals surface area contributed by atoms with Crippen molar-refractivity contribution in [1.82, 2.24) is 0 Å². The molecule has 0 amide bonds. The zero-order chi connectivity index (χ0) is 42.4. The van der Waals surface area contributed by atoms with Gasteiger partial charge in [-0.1, -0.05) is 55.5 Å². The molecule has 1 saturated heterocycles. The number of carbonyl (C=O) groups excluding carboxylic acids is 6. The van der Waals surface area contributed by atoms with Crippen molar-refractivity contribution >= 4 is 41.9 Å². The van der Waals surface area contributed by atoms with Crippen molar-refractivity contribution in [1.29, 1.82) is 0 Å². The van der Waals surface area contributed by atoms with Crippen molar-refractivity contribution in [2.75, 3.05) is 6.61 Å². The second-order valence-corrected chi connectivity index (χ2v) is 16.3. The minimum atomic E-state index is -1.93. The highest BCUT2D eigenvalue weighted by atomic mass is 16.6. The Balaban J connectivity index is 1.68. The van der Waals surface area contributed by atoms with Crippen LogP contribution in [-0.4, -0.2) is 95.4 Å². The summed E-state index contributed by atoms with van der Waals surface area (Å²) in [6.45, 7) is 10.8. The molecule has 1 N–H and O–H groups in total. The second kappa shape index (κ2) is 15.8. The van der Waals surface area contributed by atoms with Gasteiger partial charge in [0.15, 0.2) is 17.8 Å². The van der Waals surface area contributed by atoms with Crippen molar-refractivity contribution in [3.8, 4) is 0 Å². The monoisotopic (exact) mass is 802 g/mol. The van der Waals surface area contributed by atoms with Gasteiger partial charge in [-0.25, -0.2) is 9.59 Å². The van der Waals surface area contributed by atoms with Gasteiger partial charge < -0.3 is 38.3 Å². The van der Waals surface area contributed by atoms with Crippen LogP contribution in [0, 0.1) is 16.7 Å². The van der Waals surface area contributed by atoms with Crippen LogP contribution in [0.15, 0.2) is 77.9 Å². The number of esters is 6. The third kappa shape index (κ3) is 7.32. The molecular weight excluding hydrogens is 752 g/mol. The Hall–Kier alpha value is -5.34. The van der Waals surface area contributed by atoms with E-state index in [9.17, 15) is 33.9 Å². The lowest BCUT2D eigenvalue weighted by Gasteiger charge is -2.65. The van der Waals surface area contributed by atoms with Crippen molar-refractivity contribution < 1.29 is 67.0 Å². The number of hydrogen-bond acceptors (Lipinski definition) is 14. The first-order chi connectivity index (χ1) is 27.3. The topological polar surface area (TPSA) is 187 Å². The van der Waals surface area contributed by atoms with Crippen molar-refractivity contribution in [3.05, 3.63) is 89.0 Å². The highest BCUT2D eigenvalue weighted by molar-refractivity contribution is 5.90. The lowest BCUT2D eigenvalue weighted by Crippen LogP contribution is -2.79. The number of benzene rings is 2. The Morgan fingerprint density at radius 2 is 1.38 bits per heavy atom. The highest BCUT2D eigenvalue weighted by Crippen LogP contribution is 2.69. The summed E-state index contributed by atoms with van der Waals surface area (Å²) in [5.74, 6) is -5.91. The number of hydrogen-bond donors (Lipinski definition) is 1. The molecule has 1 heterocycles. The van der Waals surface area contributed by atoms with Gasteiger partial charge in [0.05, 0.1) is 34.5 Å². The summed E-state index contributed by atoms with van der Waals surface area (Å²) < 4.78 is 43.6. The maximum absolute atomic E-state index is 14.3. The van der Waals surface area contributed by atoms with Gasteiger partial charge in [-0.2, -0.15) is 0 Å². The van der Waals surface area contributed by atoms with E-state index in [1.807, 2.05) is 18.2 Å². The molecule has 6 rings (SSSR count). The molecule has 3 aliphatic carbocycles. The van der Waals surface area contributed by atoms with E-state index in [1.165, 1.54) is 52.8 Å². The SMILES string of the molecule is CC(=O)O[C@H]1C[C@H]2OC[C@@]2(OC(C)=O)C2[C@H](OC(C)=O)[C@]3(C(C)(C)O)C[C@H](OC(=O)C=Cc4ccccc4)C(C)=C3[C@@H](OC(=O)c3ccccc3)[C@H](OC(C)=O)[C@@]21C. The zero-order valence-corrected chi connectivity index (χ0v) is 33.8. The minimum Gasteiger partial charge on any atom is -0.462 e. The third-order valence-corrected chi connectivity index (χ3v) is 12.3. The molecule has 14 nitrogen and oxygen atoms in total. The summed E-state index contributed by atoms with van der Waals surface area (Å²) in [5.41, 5.74) is -5.78. The van der Waals surface area contributed by atoms with Gasteiger partial charge in [0.1, 0.15) is 24.4 Å². The molecule has 1 aliphatic heterocycles. The van der Waals surface area contributed by atoms with E-state index in [0.29, 0.717) is 5.57 Å². The minimum absolute atomic E-state index is 0.0642. The summed E-state index contributed by atoms with van der Waals surface area (Å²) in [7, 11) is 0. The van der Waals surface area contributed by atoms with Crippen LogP contribution in [0.25, 0.3) is 6.08 Å². The van der Waals surface area contributed by atoms with Gasteiger partial charge in [-0.15, -0.1) is 0 Å². The Bertz CT molecular complexity index is 2020. The third-order valence-electron chi connectivity index (χ3n) is 12.3. The average Bonchev–Trinajstić information content (AvgIpc) is 3.40. The summed E-state index contributed by atoms with van der Waals surface area (Å²) in [6, 6.07) is 17.1. The smallest absolute Gasteiger partial charge is 0.338 e. The van der Waals surface area contributed by atoms with Gasteiger partial charge >= 0.3 is 35.8 Å². The van der Waals surface area contributed by atoms with Gasteiger partial charge in [0.2, 0.25) is 0 Å². The standard InChI is InChI=1S/C44H50O14/c1-24-31(56-34(49)20-19-29-15-11-9-12-16-29)22-43(41(6,7)51)35(24)36(57-40(50)30-17-13-10-14-18-30)38(54-26(3)46)42(8)32(53-25(2)45)21-33-44(23-52-33,58-28(5)48)37(42)39(43)55-27(4)47/h9-20,31-33,36-39,51H,21-23H2,1-8H3/t31-,32-,33+,36+,37?,38-,39-,42+,43-,44-/m0/s1. The summed E-state index contributed by atoms with van der Waals surface area (Å²) in [5, 5.41) is 12.7. The molecule has 2 aromatic rings. The predicted octanol–water partition coefficient (Wildman–Crippen LogP) is 4.85. The molecule has 3 fully saturated rings. The van der Waals surface area contributed by atoms with E-state index >= 15 is 0 Å².